The predicted octanol–water partition coefficient (Wildman–Crippen LogP) is 1.20. The van der Waals surface area contributed by atoms with E-state index in [4.69, 9.17) is 9.47 Å². The van der Waals surface area contributed by atoms with Gasteiger partial charge in [0.15, 0.2) is 0 Å². The Kier molecular flexibility index (Phi) is 5.64. The molecule has 0 N–H and O–H groups in total. The highest BCUT2D eigenvalue weighted by Crippen LogP contribution is 2.33. The summed E-state index contributed by atoms with van der Waals surface area (Å²) >= 11 is 0. The van der Waals surface area contributed by atoms with Crippen LogP contribution in [0.25, 0.3) is 5.57 Å². The molecule has 0 unspecified atom stereocenters. The van der Waals surface area contributed by atoms with Gasteiger partial charge in [-0.05, 0) is 30.5 Å². The van der Waals surface area contributed by atoms with Gasteiger partial charge in [-0.1, -0.05) is 12.1 Å². The van der Waals surface area contributed by atoms with Crippen molar-refractivity contribution in [1.82, 2.24) is 14.7 Å². The van der Waals surface area contributed by atoms with E-state index in [-0.39, 0.29) is 11.8 Å². The molecular formula is C21H27N3O4. The maximum atomic E-state index is 13.3. The van der Waals surface area contributed by atoms with Crippen LogP contribution < -0.4 is 4.74 Å². The van der Waals surface area contributed by atoms with Crippen molar-refractivity contribution in [2.45, 2.75) is 12.8 Å². The third-order valence-electron chi connectivity index (χ3n) is 5.69. The molecule has 1 aromatic carbocycles. The highest BCUT2D eigenvalue weighted by Gasteiger charge is 2.42. The van der Waals surface area contributed by atoms with Crippen molar-refractivity contribution in [2.75, 3.05) is 59.6 Å². The molecule has 2 amide bonds. The van der Waals surface area contributed by atoms with E-state index in [0.717, 1.165) is 50.3 Å². The van der Waals surface area contributed by atoms with Gasteiger partial charge in [-0.3, -0.25) is 19.4 Å². The number of carbonyl (C=O) groups excluding carboxylic acids is 2. The number of hydrogen-bond acceptors (Lipinski definition) is 6. The van der Waals surface area contributed by atoms with Crippen LogP contribution in [0.3, 0.4) is 0 Å². The number of likely N-dealkylation sites (tertiary alicyclic amines) is 1. The first-order valence-corrected chi connectivity index (χ1v) is 9.99. The lowest BCUT2D eigenvalue weighted by molar-refractivity contribution is -0.137. The summed E-state index contributed by atoms with van der Waals surface area (Å²) in [6, 6.07) is 7.39. The van der Waals surface area contributed by atoms with Crippen LogP contribution in [0.1, 0.15) is 18.4 Å². The zero-order valence-corrected chi connectivity index (χ0v) is 16.4. The minimum absolute atomic E-state index is 0.161. The van der Waals surface area contributed by atoms with Gasteiger partial charge in [0.25, 0.3) is 11.8 Å². The fourth-order valence-electron chi connectivity index (χ4n) is 4.08. The zero-order valence-electron chi connectivity index (χ0n) is 16.4. The second-order valence-electron chi connectivity index (χ2n) is 7.36. The molecule has 2 fully saturated rings. The molecule has 1 aromatic rings. The number of nitrogens with zero attached hydrogens (tertiary/aromatic N) is 3. The van der Waals surface area contributed by atoms with E-state index in [0.29, 0.717) is 37.6 Å². The van der Waals surface area contributed by atoms with E-state index in [9.17, 15) is 9.59 Å². The standard InChI is InChI=1S/C21H27N3O4/c1-27-17-6-4-16(5-7-17)18-19(23-8-2-3-9-23)21(26)24(20(18)25)11-10-22-12-14-28-15-13-22/h4-7H,2-3,8-15H2,1H3. The van der Waals surface area contributed by atoms with E-state index in [1.165, 1.54) is 4.90 Å². The van der Waals surface area contributed by atoms with Crippen LogP contribution in [0.2, 0.25) is 0 Å². The minimum Gasteiger partial charge on any atom is -0.497 e. The fraction of sp³-hybridized carbons (Fsp3) is 0.524. The zero-order chi connectivity index (χ0) is 19.5. The first-order valence-electron chi connectivity index (χ1n) is 9.99. The number of hydrogen-bond donors (Lipinski definition) is 0. The summed E-state index contributed by atoms with van der Waals surface area (Å²) in [6.07, 6.45) is 2.10. The molecule has 0 atom stereocenters. The molecule has 7 nitrogen and oxygen atoms in total. The van der Waals surface area contributed by atoms with E-state index >= 15 is 0 Å². The van der Waals surface area contributed by atoms with Crippen molar-refractivity contribution >= 4 is 17.4 Å². The Balaban J connectivity index is 1.59. The van der Waals surface area contributed by atoms with Crippen molar-refractivity contribution in [3.05, 3.63) is 35.5 Å². The first-order chi connectivity index (χ1) is 13.7. The van der Waals surface area contributed by atoms with E-state index in [1.807, 2.05) is 24.3 Å². The molecule has 0 aliphatic carbocycles. The SMILES string of the molecule is COc1ccc(C2=C(N3CCCC3)C(=O)N(CCN3CCOCC3)C2=O)cc1. The number of methoxy groups -OCH3 is 1. The van der Waals surface area contributed by atoms with Gasteiger partial charge in [-0.25, -0.2) is 0 Å². The van der Waals surface area contributed by atoms with Crippen LogP contribution in [0.4, 0.5) is 0 Å². The number of amides is 2. The monoisotopic (exact) mass is 385 g/mol. The Morgan fingerprint density at radius 1 is 0.929 bits per heavy atom. The highest BCUT2D eigenvalue weighted by atomic mass is 16.5. The van der Waals surface area contributed by atoms with Crippen LogP contribution in [-0.2, 0) is 14.3 Å². The normalized spacial score (nSPS) is 21.2. The molecule has 150 valence electrons. The number of ether oxygens (including phenoxy) is 2. The molecule has 0 saturated carbocycles. The Bertz CT molecular complexity index is 762. The predicted molar refractivity (Wildman–Crippen MR) is 105 cm³/mol. The van der Waals surface area contributed by atoms with Crippen molar-refractivity contribution < 1.29 is 19.1 Å². The lowest BCUT2D eigenvalue weighted by atomic mass is 10.0. The second kappa shape index (κ2) is 8.32. The topological polar surface area (TPSA) is 62.3 Å². The first kappa shape index (κ1) is 19.0. The molecule has 7 heteroatoms. The highest BCUT2D eigenvalue weighted by molar-refractivity contribution is 6.35. The quantitative estimate of drug-likeness (QED) is 0.686. The van der Waals surface area contributed by atoms with Gasteiger partial charge in [-0.15, -0.1) is 0 Å². The van der Waals surface area contributed by atoms with Crippen LogP contribution in [0.5, 0.6) is 5.75 Å². The lowest BCUT2D eigenvalue weighted by Gasteiger charge is -2.28. The minimum atomic E-state index is -0.190. The summed E-state index contributed by atoms with van der Waals surface area (Å²) in [5.41, 5.74) is 1.86. The summed E-state index contributed by atoms with van der Waals surface area (Å²) in [5, 5.41) is 0. The van der Waals surface area contributed by atoms with Crippen LogP contribution in [0.15, 0.2) is 30.0 Å². The van der Waals surface area contributed by atoms with Crippen molar-refractivity contribution in [3.63, 3.8) is 0 Å². The summed E-state index contributed by atoms with van der Waals surface area (Å²) in [7, 11) is 1.61. The largest absolute Gasteiger partial charge is 0.497 e. The van der Waals surface area contributed by atoms with Gasteiger partial charge in [0.2, 0.25) is 0 Å². The van der Waals surface area contributed by atoms with Crippen LogP contribution >= 0.6 is 0 Å². The number of rotatable bonds is 6. The van der Waals surface area contributed by atoms with Gasteiger partial charge in [0, 0.05) is 39.3 Å². The lowest BCUT2D eigenvalue weighted by Crippen LogP contribution is -2.44. The third-order valence-corrected chi connectivity index (χ3v) is 5.69. The number of imide groups is 1. The van der Waals surface area contributed by atoms with Gasteiger partial charge in [0.05, 0.1) is 25.9 Å². The van der Waals surface area contributed by atoms with E-state index in [2.05, 4.69) is 9.80 Å². The summed E-state index contributed by atoms with van der Waals surface area (Å²) < 4.78 is 10.6. The molecule has 0 bridgehead atoms. The number of carbonyl (C=O) groups is 2. The molecule has 3 heterocycles. The smallest absolute Gasteiger partial charge is 0.277 e. The van der Waals surface area contributed by atoms with E-state index < -0.39 is 0 Å². The third kappa shape index (κ3) is 3.64. The Hall–Kier alpha value is -2.38. The molecule has 3 aliphatic heterocycles. The molecule has 4 rings (SSSR count). The van der Waals surface area contributed by atoms with Gasteiger partial charge in [-0.2, -0.15) is 0 Å². The van der Waals surface area contributed by atoms with Crippen molar-refractivity contribution in [1.29, 1.82) is 0 Å². The fourth-order valence-corrected chi connectivity index (χ4v) is 4.08. The van der Waals surface area contributed by atoms with Crippen molar-refractivity contribution in [3.8, 4) is 5.75 Å². The van der Waals surface area contributed by atoms with Gasteiger partial charge < -0.3 is 14.4 Å². The van der Waals surface area contributed by atoms with E-state index in [1.54, 1.807) is 7.11 Å². The van der Waals surface area contributed by atoms with Crippen LogP contribution in [-0.4, -0.2) is 86.1 Å². The molecule has 0 spiro atoms. The Morgan fingerprint density at radius 2 is 1.61 bits per heavy atom. The molecule has 3 aliphatic rings. The molecule has 0 aromatic heterocycles. The maximum absolute atomic E-state index is 13.3. The van der Waals surface area contributed by atoms with Gasteiger partial charge in [0.1, 0.15) is 11.4 Å². The number of morpholine rings is 1. The maximum Gasteiger partial charge on any atom is 0.277 e. The second-order valence-corrected chi connectivity index (χ2v) is 7.36. The Labute approximate surface area is 165 Å². The Morgan fingerprint density at radius 3 is 2.25 bits per heavy atom. The van der Waals surface area contributed by atoms with Gasteiger partial charge >= 0.3 is 0 Å². The van der Waals surface area contributed by atoms with Crippen molar-refractivity contribution in [2.24, 2.45) is 0 Å². The molecular weight excluding hydrogens is 358 g/mol. The summed E-state index contributed by atoms with van der Waals surface area (Å²) in [5.74, 6) is 0.379. The average Bonchev–Trinajstić information content (AvgIpc) is 3.34. The molecule has 2 saturated heterocycles. The summed E-state index contributed by atoms with van der Waals surface area (Å²) in [6.45, 7) is 5.84. The molecule has 0 radical (unpaired) electrons. The van der Waals surface area contributed by atoms with Crippen LogP contribution in [0, 0.1) is 0 Å². The summed E-state index contributed by atoms with van der Waals surface area (Å²) in [4.78, 5) is 32.2. The number of benzene rings is 1. The average molecular weight is 385 g/mol. The molecule has 28 heavy (non-hydrogen) atoms.